The Bertz CT molecular complexity index is 866. The number of rotatable bonds is 3. The van der Waals surface area contributed by atoms with E-state index in [-0.39, 0.29) is 5.56 Å². The topological polar surface area (TPSA) is 62.1 Å². The number of nitrogens with zero attached hydrogens (tertiary/aromatic N) is 2. The van der Waals surface area contributed by atoms with Gasteiger partial charge in [0.15, 0.2) is 0 Å². The first kappa shape index (κ1) is 14.7. The number of fused-ring (bicyclic) bond motifs is 1. The highest BCUT2D eigenvalue weighted by atomic mass is 32.1. The summed E-state index contributed by atoms with van der Waals surface area (Å²) < 4.78 is 5.42. The van der Waals surface area contributed by atoms with Crippen molar-refractivity contribution in [2.45, 2.75) is 38.8 Å². The molecule has 6 heteroatoms. The normalized spacial score (nSPS) is 19.4. The van der Waals surface area contributed by atoms with Crippen LogP contribution in [-0.4, -0.2) is 27.5 Å². The van der Waals surface area contributed by atoms with Gasteiger partial charge in [0.1, 0.15) is 16.4 Å². The van der Waals surface area contributed by atoms with Crippen LogP contribution in [0.25, 0.3) is 21.5 Å². The van der Waals surface area contributed by atoms with Crippen LogP contribution in [0.15, 0.2) is 33.0 Å². The first-order valence-corrected chi connectivity index (χ1v) is 8.88. The van der Waals surface area contributed by atoms with Crippen molar-refractivity contribution in [3.05, 3.63) is 40.0 Å². The number of likely N-dealkylation sites (tertiary alicyclic amines) is 1. The molecule has 1 unspecified atom stereocenters. The molecule has 0 spiro atoms. The minimum Gasteiger partial charge on any atom is -0.464 e. The number of H-pyrrole nitrogens is 1. The Morgan fingerprint density at radius 2 is 2.39 bits per heavy atom. The van der Waals surface area contributed by atoms with Gasteiger partial charge in [-0.05, 0) is 38.4 Å². The maximum Gasteiger partial charge on any atom is 0.260 e. The van der Waals surface area contributed by atoms with E-state index < -0.39 is 0 Å². The third-order valence-corrected chi connectivity index (χ3v) is 5.45. The van der Waals surface area contributed by atoms with Crippen LogP contribution in [0.3, 0.4) is 0 Å². The van der Waals surface area contributed by atoms with Gasteiger partial charge in [0.25, 0.3) is 5.56 Å². The first-order chi connectivity index (χ1) is 11.2. The fourth-order valence-corrected chi connectivity index (χ4v) is 4.21. The maximum atomic E-state index is 12.6. The van der Waals surface area contributed by atoms with Crippen molar-refractivity contribution >= 4 is 21.6 Å². The standard InChI is InChI=1S/C17H19N3O2S/c1-11-5-2-3-7-20(11)9-14-18-16(21)15-12(10-23-17(15)19-14)13-6-4-8-22-13/h4,6,8,10-11H,2-3,5,7,9H2,1H3,(H,18,19,21). The quantitative estimate of drug-likeness (QED) is 0.797. The minimum absolute atomic E-state index is 0.0812. The summed E-state index contributed by atoms with van der Waals surface area (Å²) in [4.78, 5) is 23.4. The second-order valence-corrected chi connectivity index (χ2v) is 6.99. The van der Waals surface area contributed by atoms with E-state index in [1.54, 1.807) is 6.26 Å². The van der Waals surface area contributed by atoms with Crippen molar-refractivity contribution in [2.24, 2.45) is 0 Å². The molecule has 3 aromatic rings. The lowest BCUT2D eigenvalue weighted by molar-refractivity contribution is 0.149. The van der Waals surface area contributed by atoms with Gasteiger partial charge in [-0.15, -0.1) is 11.3 Å². The third kappa shape index (κ3) is 2.72. The molecule has 23 heavy (non-hydrogen) atoms. The van der Waals surface area contributed by atoms with E-state index in [0.717, 1.165) is 22.8 Å². The molecule has 1 saturated heterocycles. The zero-order valence-electron chi connectivity index (χ0n) is 13.0. The van der Waals surface area contributed by atoms with Crippen LogP contribution in [0, 0.1) is 0 Å². The largest absolute Gasteiger partial charge is 0.464 e. The zero-order valence-corrected chi connectivity index (χ0v) is 13.9. The molecule has 1 fully saturated rings. The van der Waals surface area contributed by atoms with Crippen LogP contribution in [0.2, 0.25) is 0 Å². The maximum absolute atomic E-state index is 12.6. The predicted octanol–water partition coefficient (Wildman–Crippen LogP) is 3.62. The van der Waals surface area contributed by atoms with Gasteiger partial charge in [-0.3, -0.25) is 9.69 Å². The van der Waals surface area contributed by atoms with Crippen LogP contribution >= 0.6 is 11.3 Å². The van der Waals surface area contributed by atoms with Gasteiger partial charge >= 0.3 is 0 Å². The summed E-state index contributed by atoms with van der Waals surface area (Å²) in [6, 6.07) is 4.24. The summed E-state index contributed by atoms with van der Waals surface area (Å²) in [5.41, 5.74) is 0.740. The molecule has 0 saturated carbocycles. The van der Waals surface area contributed by atoms with Crippen LogP contribution in [0.5, 0.6) is 0 Å². The second-order valence-electron chi connectivity index (χ2n) is 6.13. The Balaban J connectivity index is 1.70. The molecule has 1 aliphatic heterocycles. The molecule has 3 aromatic heterocycles. The third-order valence-electron chi connectivity index (χ3n) is 4.57. The number of hydrogen-bond donors (Lipinski definition) is 1. The van der Waals surface area contributed by atoms with E-state index in [9.17, 15) is 4.79 Å². The highest BCUT2D eigenvalue weighted by Gasteiger charge is 2.20. The Hall–Kier alpha value is -1.92. The Morgan fingerprint density at radius 1 is 1.48 bits per heavy atom. The van der Waals surface area contributed by atoms with Crippen molar-refractivity contribution < 1.29 is 4.42 Å². The molecule has 4 rings (SSSR count). The monoisotopic (exact) mass is 329 g/mol. The fraction of sp³-hybridized carbons (Fsp3) is 0.412. The lowest BCUT2D eigenvalue weighted by Crippen LogP contribution is -2.37. The zero-order chi connectivity index (χ0) is 15.8. The van der Waals surface area contributed by atoms with E-state index in [2.05, 4.69) is 21.8 Å². The van der Waals surface area contributed by atoms with Gasteiger partial charge in [-0.1, -0.05) is 6.42 Å². The van der Waals surface area contributed by atoms with Gasteiger partial charge in [-0.2, -0.15) is 0 Å². The molecule has 0 aromatic carbocycles. The summed E-state index contributed by atoms with van der Waals surface area (Å²) in [7, 11) is 0. The van der Waals surface area contributed by atoms with Crippen molar-refractivity contribution in [1.82, 2.24) is 14.9 Å². The van der Waals surface area contributed by atoms with Crippen molar-refractivity contribution in [3.63, 3.8) is 0 Å². The van der Waals surface area contributed by atoms with E-state index in [4.69, 9.17) is 4.42 Å². The van der Waals surface area contributed by atoms with Gasteiger partial charge in [0.2, 0.25) is 0 Å². The Labute approximate surface area is 138 Å². The minimum atomic E-state index is -0.0812. The summed E-state index contributed by atoms with van der Waals surface area (Å²) in [5.74, 6) is 1.46. The number of piperidine rings is 1. The van der Waals surface area contributed by atoms with Crippen LogP contribution < -0.4 is 5.56 Å². The SMILES string of the molecule is CC1CCCCN1Cc1nc2scc(-c3ccco3)c2c(=O)[nH]1. The Kier molecular flexibility index (Phi) is 3.79. The summed E-state index contributed by atoms with van der Waals surface area (Å²) >= 11 is 1.49. The van der Waals surface area contributed by atoms with Crippen LogP contribution in [0.4, 0.5) is 0 Å². The van der Waals surface area contributed by atoms with Crippen molar-refractivity contribution in [1.29, 1.82) is 0 Å². The molecule has 0 aliphatic carbocycles. The number of furan rings is 1. The molecule has 120 valence electrons. The molecule has 0 radical (unpaired) electrons. The van der Waals surface area contributed by atoms with E-state index >= 15 is 0 Å². The van der Waals surface area contributed by atoms with Gasteiger partial charge < -0.3 is 9.40 Å². The Morgan fingerprint density at radius 3 is 3.17 bits per heavy atom. The van der Waals surface area contributed by atoms with Crippen LogP contribution in [0.1, 0.15) is 32.0 Å². The molecule has 0 amide bonds. The molecule has 1 atom stereocenters. The van der Waals surface area contributed by atoms with E-state index in [1.807, 2.05) is 17.5 Å². The predicted molar refractivity (Wildman–Crippen MR) is 91.7 cm³/mol. The highest BCUT2D eigenvalue weighted by Crippen LogP contribution is 2.31. The molecule has 1 aliphatic rings. The number of aromatic amines is 1. The summed E-state index contributed by atoms with van der Waals surface area (Å²) in [6.45, 7) is 4.03. The van der Waals surface area contributed by atoms with Crippen molar-refractivity contribution in [3.8, 4) is 11.3 Å². The molecule has 1 N–H and O–H groups in total. The fourth-order valence-electron chi connectivity index (χ4n) is 3.27. The summed E-state index contributed by atoms with van der Waals surface area (Å²) in [5, 5.41) is 2.57. The van der Waals surface area contributed by atoms with Gasteiger partial charge in [0.05, 0.1) is 18.2 Å². The van der Waals surface area contributed by atoms with E-state index in [0.29, 0.717) is 23.7 Å². The number of nitrogens with one attached hydrogen (secondary N) is 1. The van der Waals surface area contributed by atoms with Gasteiger partial charge in [0, 0.05) is 17.0 Å². The molecule has 4 heterocycles. The first-order valence-electron chi connectivity index (χ1n) is 8.00. The average molecular weight is 329 g/mol. The number of aromatic nitrogens is 2. The van der Waals surface area contributed by atoms with E-state index in [1.165, 1.54) is 30.6 Å². The van der Waals surface area contributed by atoms with Crippen LogP contribution in [-0.2, 0) is 6.54 Å². The lowest BCUT2D eigenvalue weighted by atomic mass is 10.0. The molecular weight excluding hydrogens is 310 g/mol. The molecule has 0 bridgehead atoms. The highest BCUT2D eigenvalue weighted by molar-refractivity contribution is 7.17. The lowest BCUT2D eigenvalue weighted by Gasteiger charge is -2.32. The number of thiophene rings is 1. The second kappa shape index (κ2) is 5.94. The average Bonchev–Trinajstić information content (AvgIpc) is 3.18. The van der Waals surface area contributed by atoms with Crippen molar-refractivity contribution in [2.75, 3.05) is 6.54 Å². The molecule has 5 nitrogen and oxygen atoms in total. The number of hydrogen-bond acceptors (Lipinski definition) is 5. The smallest absolute Gasteiger partial charge is 0.260 e. The molecular formula is C17H19N3O2S. The van der Waals surface area contributed by atoms with Gasteiger partial charge in [-0.25, -0.2) is 4.98 Å². The summed E-state index contributed by atoms with van der Waals surface area (Å²) in [6.07, 6.45) is 5.34.